The summed E-state index contributed by atoms with van der Waals surface area (Å²) in [4.78, 5) is 32.7. The molecule has 1 aliphatic heterocycles. The van der Waals surface area contributed by atoms with Crippen molar-refractivity contribution in [2.75, 3.05) is 45.9 Å². The number of hydrogen-bond donors (Lipinski definition) is 0. The zero-order valence-corrected chi connectivity index (χ0v) is 21.3. The minimum absolute atomic E-state index is 0.0294. The normalized spacial score (nSPS) is 13.9. The number of carbonyl (C=O) groups is 2. The quantitative estimate of drug-likeness (QED) is 0.409. The molecular formula is C28H32ClN3O4. The second-order valence-electron chi connectivity index (χ2n) is 8.94. The molecule has 0 spiro atoms. The van der Waals surface area contributed by atoms with E-state index in [0.717, 1.165) is 24.4 Å². The van der Waals surface area contributed by atoms with Crippen LogP contribution in [0.2, 0.25) is 5.02 Å². The van der Waals surface area contributed by atoms with Gasteiger partial charge in [0.2, 0.25) is 5.91 Å². The van der Waals surface area contributed by atoms with Crippen LogP contribution in [0.25, 0.3) is 0 Å². The average molecular weight is 510 g/mol. The number of morpholine rings is 1. The van der Waals surface area contributed by atoms with E-state index in [2.05, 4.69) is 4.90 Å². The van der Waals surface area contributed by atoms with Gasteiger partial charge in [-0.2, -0.15) is 0 Å². The molecular weight excluding hydrogens is 478 g/mol. The SMILES string of the molecule is Cc1ccc(CN(Cc2ccccc2)C(=O)CN(CCN2CCOCC2)C(=O)c2ccc(Cl)cc2)o1. The van der Waals surface area contributed by atoms with Crippen LogP contribution in [0.15, 0.2) is 71.1 Å². The Hall–Kier alpha value is -3.13. The number of hydrogen-bond acceptors (Lipinski definition) is 5. The van der Waals surface area contributed by atoms with E-state index in [-0.39, 0.29) is 18.4 Å². The third-order valence-corrected chi connectivity index (χ3v) is 6.46. The number of carbonyl (C=O) groups excluding carboxylic acids is 2. The minimum atomic E-state index is -0.193. The summed E-state index contributed by atoms with van der Waals surface area (Å²) in [7, 11) is 0. The van der Waals surface area contributed by atoms with Gasteiger partial charge in [-0.15, -0.1) is 0 Å². The van der Waals surface area contributed by atoms with E-state index in [1.165, 1.54) is 0 Å². The molecule has 190 valence electrons. The first kappa shape index (κ1) is 25.9. The van der Waals surface area contributed by atoms with Gasteiger partial charge in [0.25, 0.3) is 5.91 Å². The summed E-state index contributed by atoms with van der Waals surface area (Å²) in [5.74, 6) is 1.17. The number of amides is 2. The van der Waals surface area contributed by atoms with Crippen molar-refractivity contribution >= 4 is 23.4 Å². The van der Waals surface area contributed by atoms with Crippen LogP contribution >= 0.6 is 11.6 Å². The monoisotopic (exact) mass is 509 g/mol. The first-order valence-corrected chi connectivity index (χ1v) is 12.6. The lowest BCUT2D eigenvalue weighted by molar-refractivity contribution is -0.133. The molecule has 1 saturated heterocycles. The summed E-state index contributed by atoms with van der Waals surface area (Å²) in [6, 6.07) is 20.4. The molecule has 4 rings (SSSR count). The molecule has 2 amide bonds. The van der Waals surface area contributed by atoms with Gasteiger partial charge >= 0.3 is 0 Å². The average Bonchev–Trinajstić information content (AvgIpc) is 3.31. The second kappa shape index (κ2) is 12.7. The standard InChI is InChI=1S/C28H32ClN3O4/c1-22-7-12-26(36-22)20-32(19-23-5-3-2-4-6-23)27(33)21-31(14-13-30-15-17-35-18-16-30)28(34)24-8-10-25(29)11-9-24/h2-12H,13-21H2,1H3. The molecule has 0 bridgehead atoms. The van der Waals surface area contributed by atoms with Gasteiger partial charge in [-0.3, -0.25) is 14.5 Å². The molecule has 36 heavy (non-hydrogen) atoms. The summed E-state index contributed by atoms with van der Waals surface area (Å²) in [5, 5.41) is 0.560. The van der Waals surface area contributed by atoms with Gasteiger partial charge in [0.1, 0.15) is 18.1 Å². The molecule has 1 aliphatic rings. The third kappa shape index (κ3) is 7.43. The Morgan fingerprint density at radius 3 is 2.31 bits per heavy atom. The maximum absolute atomic E-state index is 13.6. The Bertz CT molecular complexity index is 1130. The van der Waals surface area contributed by atoms with E-state index in [0.29, 0.717) is 55.7 Å². The predicted molar refractivity (Wildman–Crippen MR) is 139 cm³/mol. The van der Waals surface area contributed by atoms with E-state index in [4.69, 9.17) is 20.8 Å². The maximum Gasteiger partial charge on any atom is 0.254 e. The van der Waals surface area contributed by atoms with Crippen molar-refractivity contribution in [2.24, 2.45) is 0 Å². The number of aryl methyl sites for hydroxylation is 1. The Morgan fingerprint density at radius 2 is 1.64 bits per heavy atom. The Morgan fingerprint density at radius 1 is 0.917 bits per heavy atom. The lowest BCUT2D eigenvalue weighted by Crippen LogP contribution is -2.47. The third-order valence-electron chi connectivity index (χ3n) is 6.21. The summed E-state index contributed by atoms with van der Waals surface area (Å²) in [5.41, 5.74) is 1.52. The highest BCUT2D eigenvalue weighted by Gasteiger charge is 2.24. The molecule has 0 N–H and O–H groups in total. The molecule has 2 aromatic carbocycles. The van der Waals surface area contributed by atoms with Crippen LogP contribution < -0.4 is 0 Å². The lowest BCUT2D eigenvalue weighted by Gasteiger charge is -2.31. The zero-order chi connectivity index (χ0) is 25.3. The smallest absolute Gasteiger partial charge is 0.254 e. The van der Waals surface area contributed by atoms with E-state index in [1.54, 1.807) is 34.1 Å². The second-order valence-corrected chi connectivity index (χ2v) is 9.37. The van der Waals surface area contributed by atoms with Crippen molar-refractivity contribution < 1.29 is 18.7 Å². The van der Waals surface area contributed by atoms with Crippen LogP contribution in [0.1, 0.15) is 27.4 Å². The van der Waals surface area contributed by atoms with Crippen LogP contribution in [-0.2, 0) is 22.6 Å². The van der Waals surface area contributed by atoms with E-state index in [9.17, 15) is 9.59 Å². The number of furan rings is 1. The van der Waals surface area contributed by atoms with Crippen molar-refractivity contribution in [3.8, 4) is 0 Å². The highest BCUT2D eigenvalue weighted by atomic mass is 35.5. The zero-order valence-electron chi connectivity index (χ0n) is 20.6. The van der Waals surface area contributed by atoms with Gasteiger partial charge in [-0.05, 0) is 48.9 Å². The predicted octanol–water partition coefficient (Wildman–Crippen LogP) is 4.24. The number of rotatable bonds is 10. The van der Waals surface area contributed by atoms with Crippen molar-refractivity contribution in [1.82, 2.24) is 14.7 Å². The van der Waals surface area contributed by atoms with Gasteiger partial charge < -0.3 is 19.0 Å². The van der Waals surface area contributed by atoms with Crippen molar-refractivity contribution in [3.05, 3.63) is 94.4 Å². The fourth-order valence-electron chi connectivity index (χ4n) is 4.17. The molecule has 1 aromatic heterocycles. The van der Waals surface area contributed by atoms with Crippen LogP contribution in [-0.4, -0.2) is 72.5 Å². The minimum Gasteiger partial charge on any atom is -0.464 e. The van der Waals surface area contributed by atoms with Crippen LogP contribution in [0.5, 0.6) is 0 Å². The van der Waals surface area contributed by atoms with Gasteiger partial charge in [-0.25, -0.2) is 0 Å². The number of halogens is 1. The molecule has 2 heterocycles. The first-order chi connectivity index (χ1) is 17.5. The fraction of sp³-hybridized carbons (Fsp3) is 0.357. The van der Waals surface area contributed by atoms with Crippen molar-refractivity contribution in [1.29, 1.82) is 0 Å². The summed E-state index contributed by atoms with van der Waals surface area (Å²) < 4.78 is 11.2. The molecule has 3 aromatic rings. The summed E-state index contributed by atoms with van der Waals surface area (Å²) in [6.07, 6.45) is 0. The van der Waals surface area contributed by atoms with Gasteiger partial charge in [-0.1, -0.05) is 41.9 Å². The topological polar surface area (TPSA) is 66.2 Å². The van der Waals surface area contributed by atoms with Crippen LogP contribution in [0, 0.1) is 6.92 Å². The molecule has 0 atom stereocenters. The van der Waals surface area contributed by atoms with E-state index < -0.39 is 0 Å². The Kier molecular flexibility index (Phi) is 9.17. The van der Waals surface area contributed by atoms with Crippen LogP contribution in [0.3, 0.4) is 0 Å². The maximum atomic E-state index is 13.6. The molecule has 0 saturated carbocycles. The molecule has 8 heteroatoms. The lowest BCUT2D eigenvalue weighted by atomic mass is 10.2. The van der Waals surface area contributed by atoms with Gasteiger partial charge in [0.15, 0.2) is 0 Å². The van der Waals surface area contributed by atoms with Crippen molar-refractivity contribution in [3.63, 3.8) is 0 Å². The summed E-state index contributed by atoms with van der Waals surface area (Å²) >= 11 is 6.03. The summed E-state index contributed by atoms with van der Waals surface area (Å²) in [6.45, 7) is 6.69. The molecule has 0 radical (unpaired) electrons. The largest absolute Gasteiger partial charge is 0.464 e. The first-order valence-electron chi connectivity index (χ1n) is 12.2. The van der Waals surface area contributed by atoms with Crippen molar-refractivity contribution in [2.45, 2.75) is 20.0 Å². The van der Waals surface area contributed by atoms with Gasteiger partial charge in [0, 0.05) is 43.3 Å². The number of ether oxygens (including phenoxy) is 1. The van der Waals surface area contributed by atoms with Gasteiger partial charge in [0.05, 0.1) is 19.8 Å². The highest BCUT2D eigenvalue weighted by molar-refractivity contribution is 6.30. The molecule has 0 unspecified atom stereocenters. The Labute approximate surface area is 217 Å². The molecule has 7 nitrogen and oxygen atoms in total. The van der Waals surface area contributed by atoms with Crippen LogP contribution in [0.4, 0.5) is 0 Å². The Balaban J connectivity index is 1.52. The number of benzene rings is 2. The fourth-order valence-corrected chi connectivity index (χ4v) is 4.30. The van der Waals surface area contributed by atoms with E-state index >= 15 is 0 Å². The molecule has 0 aliphatic carbocycles. The molecule has 1 fully saturated rings. The number of nitrogens with zero attached hydrogens (tertiary/aromatic N) is 3. The van der Waals surface area contributed by atoms with E-state index in [1.807, 2.05) is 49.4 Å². The highest BCUT2D eigenvalue weighted by Crippen LogP contribution is 2.16.